The number of piperidine rings is 1. The van der Waals surface area contributed by atoms with Gasteiger partial charge in [0.25, 0.3) is 11.8 Å². The lowest BCUT2D eigenvalue weighted by molar-refractivity contribution is -0.147. The van der Waals surface area contributed by atoms with Crippen molar-refractivity contribution < 1.29 is 40.4 Å². The highest BCUT2D eigenvalue weighted by Gasteiger charge is 2.41. The van der Waals surface area contributed by atoms with Crippen molar-refractivity contribution in [3.8, 4) is 0 Å². The van der Waals surface area contributed by atoms with E-state index in [1.54, 1.807) is 0 Å². The van der Waals surface area contributed by atoms with Gasteiger partial charge in [-0.05, 0) is 35.7 Å². The fourth-order valence-corrected chi connectivity index (χ4v) is 3.19. The van der Waals surface area contributed by atoms with E-state index in [1.165, 1.54) is 0 Å². The summed E-state index contributed by atoms with van der Waals surface area (Å²) in [5, 5.41) is -1.04. The zero-order valence-electron chi connectivity index (χ0n) is 24.9. The number of nitrogens with one attached hydrogen (secondary N) is 2. The number of alkyl halides is 2. The van der Waals surface area contributed by atoms with Crippen molar-refractivity contribution in [3.05, 3.63) is 69.7 Å². The van der Waals surface area contributed by atoms with E-state index in [9.17, 15) is 28.0 Å². The van der Waals surface area contributed by atoms with Crippen LogP contribution in [0.25, 0.3) is 0 Å². The average Bonchev–Trinajstić information content (AvgIpc) is 3.25. The zero-order valence-corrected chi connectivity index (χ0v) is 16.6. The smallest absolute Gasteiger partial charge is 0.346 e. The molecule has 0 spiro atoms. The van der Waals surface area contributed by atoms with Crippen LogP contribution in [0, 0.1) is 0 Å². The summed E-state index contributed by atoms with van der Waals surface area (Å²) >= 11 is 5.67. The van der Waals surface area contributed by atoms with E-state index in [2.05, 4.69) is 0 Å². The third-order valence-corrected chi connectivity index (χ3v) is 4.89. The van der Waals surface area contributed by atoms with E-state index in [0.29, 0.717) is 0 Å². The molecular formula is C22H18ClF2N3O4. The molecule has 0 radical (unpaired) electrons. The Bertz CT molecular complexity index is 1500. The van der Waals surface area contributed by atoms with Gasteiger partial charge in [-0.25, -0.2) is 0 Å². The molecule has 2 aromatic carbocycles. The second kappa shape index (κ2) is 8.31. The molecule has 1 atom stereocenters. The topological polar surface area (TPSA) is 95.6 Å². The number of carbonyl (C=O) groups is 4. The fraction of sp³-hybridized carbons (Fsp3) is 0.273. The van der Waals surface area contributed by atoms with Gasteiger partial charge >= 0.3 is 5.92 Å². The van der Waals surface area contributed by atoms with Crippen LogP contribution in [0.3, 0.4) is 0 Å². The van der Waals surface area contributed by atoms with Crippen LogP contribution in [0.15, 0.2) is 42.5 Å². The largest absolute Gasteiger partial charge is 0.349 e. The molecule has 7 nitrogen and oxygen atoms in total. The molecule has 4 amide bonds. The molecule has 10 heteroatoms. The van der Waals surface area contributed by atoms with Crippen LogP contribution in [0.1, 0.15) is 49.4 Å². The number of carbonyl (C=O) groups excluding carboxylic acids is 4. The van der Waals surface area contributed by atoms with E-state index < -0.39 is 83.1 Å². The number of amides is 4. The van der Waals surface area contributed by atoms with Crippen molar-refractivity contribution in [1.82, 2.24) is 15.5 Å². The number of nitrogens with zero attached hydrogens (tertiary/aromatic N) is 1. The highest BCUT2D eigenvalue weighted by molar-refractivity contribution is 6.30. The molecule has 1 fully saturated rings. The minimum absolute atomic E-state index is 0.0902. The van der Waals surface area contributed by atoms with Crippen LogP contribution in [0.4, 0.5) is 8.78 Å². The highest BCUT2D eigenvalue weighted by atomic mass is 35.5. The second-order valence-corrected chi connectivity index (χ2v) is 7.13. The van der Waals surface area contributed by atoms with Gasteiger partial charge < -0.3 is 10.2 Å². The zero-order chi connectivity index (χ0) is 31.1. The molecule has 2 aliphatic heterocycles. The Kier molecular flexibility index (Phi) is 3.45. The van der Waals surface area contributed by atoms with Crippen molar-refractivity contribution in [2.24, 2.45) is 0 Å². The number of rotatable bonds is 5. The maximum atomic E-state index is 14.8. The molecule has 2 heterocycles. The highest BCUT2D eigenvalue weighted by Crippen LogP contribution is 2.30. The Morgan fingerprint density at radius 2 is 2.06 bits per heavy atom. The lowest BCUT2D eigenvalue weighted by Crippen LogP contribution is -2.52. The van der Waals surface area contributed by atoms with Crippen LogP contribution in [0.2, 0.25) is 7.85 Å². The standard InChI is InChI=1S/C22H18ClF2N3O4/c23-15-4-2-14(3-5-15)22(24,25)21(32)26-10-12-1-6-16-13(9-12)11-28(20(16)31)17-7-8-18(29)27-19(17)30/h1-6,9,17H,7-8,10-11H2,(H,26,32)(H,27,29,30)/t17-/m0/s1/i7D2,8D2,10D2,17D/hD2. The predicted octanol–water partition coefficient (Wildman–Crippen LogP) is 2.51. The Hall–Kier alpha value is -3.33. The molecule has 2 aromatic rings. The summed E-state index contributed by atoms with van der Waals surface area (Å²) in [4.78, 5) is 50.8. The Balaban J connectivity index is 1.68. The molecule has 2 N–H and O–H groups in total. The average molecular weight is 471 g/mol. The lowest BCUT2D eigenvalue weighted by Gasteiger charge is -2.29. The van der Waals surface area contributed by atoms with Crippen molar-refractivity contribution in [2.75, 3.05) is 0 Å². The number of benzene rings is 2. The third kappa shape index (κ3) is 4.08. The van der Waals surface area contributed by atoms with Crippen molar-refractivity contribution in [3.63, 3.8) is 0 Å². The van der Waals surface area contributed by atoms with Crippen LogP contribution in [-0.4, -0.2) is 34.5 Å². The van der Waals surface area contributed by atoms with Crippen molar-refractivity contribution >= 4 is 35.2 Å². The molecule has 0 aliphatic carbocycles. The van der Waals surface area contributed by atoms with Crippen LogP contribution >= 0.6 is 11.6 Å². The summed E-state index contributed by atoms with van der Waals surface area (Å²) in [6, 6.07) is 3.04. The maximum absolute atomic E-state index is 14.8. The molecule has 2 aliphatic rings. The van der Waals surface area contributed by atoms with Crippen LogP contribution in [0.5, 0.6) is 0 Å². The van der Waals surface area contributed by atoms with Gasteiger partial charge in [-0.1, -0.05) is 35.9 Å². The van der Waals surface area contributed by atoms with Gasteiger partial charge in [-0.15, -0.1) is 0 Å². The quantitative estimate of drug-likeness (QED) is 0.656. The van der Waals surface area contributed by atoms with Gasteiger partial charge in [0, 0.05) is 41.0 Å². The number of fused-ring (bicyclic) bond motifs is 1. The third-order valence-electron chi connectivity index (χ3n) is 4.63. The lowest BCUT2D eigenvalue weighted by atomic mass is 10.0. The fourth-order valence-electron chi connectivity index (χ4n) is 3.06. The SMILES string of the molecule is [2H]N1C(=O)C([2H])([2H])C([2H])([2H])[C@]([2H])(N2Cc3cc(C([2H])([2H])N([2H])C(=O)C(F)(F)c4ccc(Cl)cc4)ccc3C2=O)C1=O. The molecule has 0 saturated carbocycles. The summed E-state index contributed by atoms with van der Waals surface area (Å²) in [5.74, 6) is -11.5. The van der Waals surface area contributed by atoms with Gasteiger partial charge in [0.1, 0.15) is 6.02 Å². The van der Waals surface area contributed by atoms with Gasteiger partial charge in [0.05, 0.1) is 4.11 Å². The molecule has 1 saturated heterocycles. The predicted molar refractivity (Wildman–Crippen MR) is 110 cm³/mol. The van der Waals surface area contributed by atoms with Crippen molar-refractivity contribution in [2.45, 2.75) is 37.7 Å². The summed E-state index contributed by atoms with van der Waals surface area (Å²) in [6.07, 6.45) is -7.23. The minimum atomic E-state index is -4.34. The first-order valence-electron chi connectivity index (χ1n) is 13.3. The van der Waals surface area contributed by atoms with E-state index in [-0.39, 0.29) is 21.0 Å². The molecule has 32 heavy (non-hydrogen) atoms. The summed E-state index contributed by atoms with van der Waals surface area (Å²) in [5.41, 5.74) is -1.94. The van der Waals surface area contributed by atoms with Gasteiger partial charge in [-0.3, -0.25) is 24.5 Å². The Labute approximate surface area is 199 Å². The first kappa shape index (κ1) is 13.3. The Morgan fingerprint density at radius 1 is 1.34 bits per heavy atom. The van der Waals surface area contributed by atoms with E-state index >= 15 is 0 Å². The first-order valence-corrected chi connectivity index (χ1v) is 9.33. The normalized spacial score (nSPS) is 28.7. The van der Waals surface area contributed by atoms with E-state index in [4.69, 9.17) is 24.0 Å². The summed E-state index contributed by atoms with van der Waals surface area (Å²) in [6.45, 7) is -4.05. The number of hydrogen-bond donors (Lipinski definition) is 2. The van der Waals surface area contributed by atoms with E-state index in [0.717, 1.165) is 42.5 Å². The monoisotopic (exact) mass is 470 g/mol. The molecule has 4 rings (SSSR count). The number of halogens is 3. The van der Waals surface area contributed by atoms with E-state index in [1.807, 2.05) is 0 Å². The van der Waals surface area contributed by atoms with Gasteiger partial charge in [0.15, 0.2) is 2.82 Å². The molecule has 0 unspecified atom stereocenters. The van der Waals surface area contributed by atoms with Crippen molar-refractivity contribution in [1.29, 1.82) is 0 Å². The maximum Gasteiger partial charge on any atom is 0.349 e. The number of imide groups is 1. The molecular weight excluding hydrogens is 444 g/mol. The first-order chi connectivity index (χ1) is 18.6. The number of hydrogen-bond acceptors (Lipinski definition) is 4. The minimum Gasteiger partial charge on any atom is -0.346 e. The summed E-state index contributed by atoms with van der Waals surface area (Å²) < 4.78 is 102. The molecule has 166 valence electrons. The Morgan fingerprint density at radius 3 is 2.78 bits per heavy atom. The molecule has 0 aromatic heterocycles. The van der Waals surface area contributed by atoms with Gasteiger partial charge in [0.2, 0.25) is 11.8 Å². The summed E-state index contributed by atoms with van der Waals surface area (Å²) in [7, 11) is 0. The second-order valence-electron chi connectivity index (χ2n) is 6.69. The van der Waals surface area contributed by atoms with Crippen LogP contribution in [-0.2, 0) is 33.3 Å². The van der Waals surface area contributed by atoms with Gasteiger partial charge in [-0.2, -0.15) is 8.78 Å². The molecule has 0 bridgehead atoms. The van der Waals surface area contributed by atoms with Crippen LogP contribution < -0.4 is 10.6 Å².